The number of aromatic amines is 1. The first-order valence-corrected chi connectivity index (χ1v) is 7.31. The minimum atomic E-state index is -0.179. The molecule has 7 nitrogen and oxygen atoms in total. The number of nitrogens with zero attached hydrogens (tertiary/aromatic N) is 4. The van der Waals surface area contributed by atoms with Gasteiger partial charge in [0.25, 0.3) is 0 Å². The number of hydrogen-bond acceptors (Lipinski definition) is 5. The minimum absolute atomic E-state index is 0.179. The second-order valence-corrected chi connectivity index (χ2v) is 5.20. The Morgan fingerprint density at radius 1 is 1.22 bits per heavy atom. The summed E-state index contributed by atoms with van der Waals surface area (Å²) in [4.78, 5) is 24.2. The number of H-pyrrole nitrogens is 1. The highest BCUT2D eigenvalue weighted by Gasteiger charge is 2.09. The van der Waals surface area contributed by atoms with E-state index >= 15 is 0 Å². The van der Waals surface area contributed by atoms with Crippen molar-refractivity contribution in [3.8, 4) is 11.4 Å². The van der Waals surface area contributed by atoms with Crippen molar-refractivity contribution in [2.75, 3.05) is 5.32 Å². The number of amides is 1. The smallest absolute Gasteiger partial charge is 0.249 e. The first kappa shape index (κ1) is 15.1. The van der Waals surface area contributed by atoms with Gasteiger partial charge >= 0.3 is 0 Å². The van der Waals surface area contributed by atoms with Gasteiger partial charge in [-0.2, -0.15) is 4.98 Å². The van der Waals surface area contributed by atoms with Gasteiger partial charge in [-0.05, 0) is 30.7 Å². The average Bonchev–Trinajstić information content (AvgIpc) is 3.04. The van der Waals surface area contributed by atoms with E-state index < -0.39 is 0 Å². The number of aryl methyl sites for hydroxylation is 1. The highest BCUT2D eigenvalue weighted by atomic mass is 35.5. The predicted molar refractivity (Wildman–Crippen MR) is 85.8 cm³/mol. The molecule has 3 heterocycles. The van der Waals surface area contributed by atoms with Crippen LogP contribution in [0.5, 0.6) is 0 Å². The molecular weight excluding hydrogens is 316 g/mol. The maximum atomic E-state index is 11.9. The molecule has 116 valence electrons. The van der Waals surface area contributed by atoms with Gasteiger partial charge in [0.1, 0.15) is 0 Å². The van der Waals surface area contributed by atoms with Gasteiger partial charge in [-0.25, -0.2) is 0 Å². The molecule has 3 aromatic heterocycles. The lowest BCUT2D eigenvalue weighted by molar-refractivity contribution is -0.116. The summed E-state index contributed by atoms with van der Waals surface area (Å²) >= 11 is 5.77. The van der Waals surface area contributed by atoms with Crippen LogP contribution in [0.4, 0.5) is 5.95 Å². The van der Waals surface area contributed by atoms with Crippen molar-refractivity contribution in [2.45, 2.75) is 12.8 Å². The summed E-state index contributed by atoms with van der Waals surface area (Å²) in [5.41, 5.74) is 1.65. The molecule has 8 heteroatoms. The van der Waals surface area contributed by atoms with E-state index in [-0.39, 0.29) is 18.3 Å². The van der Waals surface area contributed by atoms with Crippen molar-refractivity contribution in [3.63, 3.8) is 0 Å². The second-order valence-electron chi connectivity index (χ2n) is 4.76. The van der Waals surface area contributed by atoms with Gasteiger partial charge in [0.05, 0.1) is 5.02 Å². The zero-order valence-corrected chi connectivity index (χ0v) is 12.8. The standard InChI is InChI=1S/C15H13ClN6O/c16-11-1-2-12(18-9-11)3-4-13(23)19-15-20-14(21-22-15)10-5-7-17-8-6-10/h1-2,5-9H,3-4H2,(H2,19,20,21,22,23). The first-order valence-electron chi connectivity index (χ1n) is 6.94. The van der Waals surface area contributed by atoms with Crippen molar-refractivity contribution >= 4 is 23.5 Å². The molecule has 3 rings (SSSR count). The number of carbonyl (C=O) groups excluding carboxylic acids is 1. The molecule has 0 aliphatic rings. The van der Waals surface area contributed by atoms with Crippen LogP contribution in [-0.4, -0.2) is 31.1 Å². The van der Waals surface area contributed by atoms with E-state index in [1.807, 2.05) is 0 Å². The Kier molecular flexibility index (Phi) is 4.58. The summed E-state index contributed by atoms with van der Waals surface area (Å²) in [5, 5.41) is 9.98. The van der Waals surface area contributed by atoms with E-state index in [1.54, 1.807) is 42.9 Å². The molecule has 3 aromatic rings. The summed E-state index contributed by atoms with van der Waals surface area (Å²) in [5.74, 6) is 0.634. The quantitative estimate of drug-likeness (QED) is 0.750. The van der Waals surface area contributed by atoms with Gasteiger partial charge in [-0.1, -0.05) is 11.6 Å². The van der Waals surface area contributed by atoms with Gasteiger partial charge < -0.3 is 0 Å². The number of aromatic nitrogens is 5. The Balaban J connectivity index is 1.56. The summed E-state index contributed by atoms with van der Waals surface area (Å²) in [7, 11) is 0. The van der Waals surface area contributed by atoms with Gasteiger partial charge in [0, 0.05) is 36.3 Å². The van der Waals surface area contributed by atoms with Crippen molar-refractivity contribution in [3.05, 3.63) is 53.6 Å². The molecule has 1 amide bonds. The Labute approximate surface area is 137 Å². The van der Waals surface area contributed by atoms with Gasteiger partial charge in [0.15, 0.2) is 5.82 Å². The topological polar surface area (TPSA) is 96.5 Å². The van der Waals surface area contributed by atoms with E-state index in [9.17, 15) is 4.79 Å². The van der Waals surface area contributed by atoms with Crippen LogP contribution >= 0.6 is 11.6 Å². The van der Waals surface area contributed by atoms with Crippen LogP contribution in [0, 0.1) is 0 Å². The number of nitrogens with one attached hydrogen (secondary N) is 2. The lowest BCUT2D eigenvalue weighted by atomic mass is 10.2. The Hall–Kier alpha value is -2.80. The van der Waals surface area contributed by atoms with Crippen molar-refractivity contribution in [2.24, 2.45) is 0 Å². The normalized spacial score (nSPS) is 10.5. The first-order chi connectivity index (χ1) is 11.2. The van der Waals surface area contributed by atoms with Crippen molar-refractivity contribution < 1.29 is 4.79 Å². The van der Waals surface area contributed by atoms with E-state index in [0.29, 0.717) is 17.3 Å². The Bertz CT molecular complexity index is 787. The van der Waals surface area contributed by atoms with E-state index in [2.05, 4.69) is 30.5 Å². The van der Waals surface area contributed by atoms with Crippen LogP contribution in [0.3, 0.4) is 0 Å². The van der Waals surface area contributed by atoms with Crippen molar-refractivity contribution in [1.29, 1.82) is 0 Å². The fraction of sp³-hybridized carbons (Fsp3) is 0.133. The fourth-order valence-corrected chi connectivity index (χ4v) is 2.05. The lowest BCUT2D eigenvalue weighted by Crippen LogP contribution is -2.13. The number of hydrogen-bond donors (Lipinski definition) is 2. The summed E-state index contributed by atoms with van der Waals surface area (Å²) < 4.78 is 0. The molecule has 0 spiro atoms. The summed E-state index contributed by atoms with van der Waals surface area (Å²) in [6.07, 6.45) is 5.69. The number of pyridine rings is 2. The van der Waals surface area contributed by atoms with Crippen molar-refractivity contribution in [1.82, 2.24) is 25.1 Å². The minimum Gasteiger partial charge on any atom is -0.293 e. The Morgan fingerprint density at radius 3 is 2.78 bits per heavy atom. The fourth-order valence-electron chi connectivity index (χ4n) is 1.94. The number of rotatable bonds is 5. The number of carbonyl (C=O) groups is 1. The largest absolute Gasteiger partial charge is 0.293 e. The third kappa shape index (κ3) is 4.10. The van der Waals surface area contributed by atoms with E-state index in [4.69, 9.17) is 11.6 Å². The molecule has 0 unspecified atom stereocenters. The van der Waals surface area contributed by atoms with Crippen LogP contribution in [0.25, 0.3) is 11.4 Å². The highest BCUT2D eigenvalue weighted by molar-refractivity contribution is 6.30. The lowest BCUT2D eigenvalue weighted by Gasteiger charge is -2.01. The van der Waals surface area contributed by atoms with Crippen LogP contribution in [0.2, 0.25) is 5.02 Å². The number of anilines is 1. The molecule has 0 bridgehead atoms. The molecule has 0 saturated carbocycles. The van der Waals surface area contributed by atoms with Gasteiger partial charge in [0.2, 0.25) is 11.9 Å². The van der Waals surface area contributed by atoms with Crippen LogP contribution in [-0.2, 0) is 11.2 Å². The zero-order valence-electron chi connectivity index (χ0n) is 12.0. The maximum Gasteiger partial charge on any atom is 0.249 e. The van der Waals surface area contributed by atoms with E-state index in [1.165, 1.54) is 0 Å². The summed E-state index contributed by atoms with van der Waals surface area (Å²) in [6, 6.07) is 7.15. The Morgan fingerprint density at radius 2 is 2.04 bits per heavy atom. The average molecular weight is 329 g/mol. The predicted octanol–water partition coefficient (Wildman–Crippen LogP) is 2.49. The van der Waals surface area contributed by atoms with Crippen LogP contribution < -0.4 is 5.32 Å². The molecule has 0 radical (unpaired) electrons. The molecular formula is C15H13ClN6O. The number of halogens is 1. The molecule has 0 aromatic carbocycles. The SMILES string of the molecule is O=C(CCc1ccc(Cl)cn1)Nc1n[nH]c(-c2ccncc2)n1. The molecule has 23 heavy (non-hydrogen) atoms. The van der Waals surface area contributed by atoms with Crippen LogP contribution in [0.15, 0.2) is 42.9 Å². The third-order valence-electron chi connectivity index (χ3n) is 3.09. The third-order valence-corrected chi connectivity index (χ3v) is 3.31. The molecule has 2 N–H and O–H groups in total. The van der Waals surface area contributed by atoms with Gasteiger partial charge in [-0.3, -0.25) is 25.2 Å². The molecule has 0 saturated heterocycles. The maximum absolute atomic E-state index is 11.9. The molecule has 0 aliphatic heterocycles. The molecule has 0 fully saturated rings. The molecule has 0 aliphatic carbocycles. The molecule has 0 atom stereocenters. The monoisotopic (exact) mass is 328 g/mol. The second kappa shape index (κ2) is 6.97. The zero-order chi connectivity index (χ0) is 16.1. The summed E-state index contributed by atoms with van der Waals surface area (Å²) in [6.45, 7) is 0. The van der Waals surface area contributed by atoms with E-state index in [0.717, 1.165) is 11.3 Å². The highest BCUT2D eigenvalue weighted by Crippen LogP contribution is 2.14. The van der Waals surface area contributed by atoms with Gasteiger partial charge in [-0.15, -0.1) is 5.10 Å². The van der Waals surface area contributed by atoms with Crippen LogP contribution in [0.1, 0.15) is 12.1 Å².